The maximum atomic E-state index is 8.92. The first-order valence-corrected chi connectivity index (χ1v) is 6.84. The van der Waals surface area contributed by atoms with Gasteiger partial charge < -0.3 is 5.11 Å². The van der Waals surface area contributed by atoms with E-state index >= 15 is 0 Å². The van der Waals surface area contributed by atoms with Gasteiger partial charge in [0.1, 0.15) is 0 Å². The third kappa shape index (κ3) is 5.10. The average Bonchev–Trinajstić information content (AvgIpc) is 2.56. The molecule has 0 fully saturated rings. The highest BCUT2D eigenvalue weighted by atomic mass is 16.3. The SMILES string of the molecule is OCCN=C(C=CC#Cc1ccccc1)c1ccccc1. The van der Waals surface area contributed by atoms with Crippen LogP contribution in [0.1, 0.15) is 11.1 Å². The van der Waals surface area contributed by atoms with Crippen LogP contribution in [0.15, 0.2) is 77.8 Å². The molecule has 0 atom stereocenters. The molecular formula is C19H17NO. The van der Waals surface area contributed by atoms with Gasteiger partial charge in [-0.2, -0.15) is 0 Å². The van der Waals surface area contributed by atoms with Crippen LogP contribution in [0.5, 0.6) is 0 Å². The highest BCUT2D eigenvalue weighted by Gasteiger charge is 1.97. The van der Waals surface area contributed by atoms with Gasteiger partial charge in [-0.15, -0.1) is 0 Å². The molecule has 0 aliphatic rings. The Balaban J connectivity index is 2.13. The Labute approximate surface area is 125 Å². The van der Waals surface area contributed by atoms with Crippen molar-refractivity contribution in [1.29, 1.82) is 0 Å². The second kappa shape index (κ2) is 8.52. The summed E-state index contributed by atoms with van der Waals surface area (Å²) >= 11 is 0. The van der Waals surface area contributed by atoms with Gasteiger partial charge in [-0.25, -0.2) is 0 Å². The van der Waals surface area contributed by atoms with Crippen molar-refractivity contribution in [2.75, 3.05) is 13.2 Å². The molecule has 0 spiro atoms. The Morgan fingerprint density at radius 2 is 1.67 bits per heavy atom. The highest BCUT2D eigenvalue weighted by molar-refractivity contribution is 6.08. The molecule has 2 heteroatoms. The Morgan fingerprint density at radius 1 is 1.00 bits per heavy atom. The van der Waals surface area contributed by atoms with Crippen molar-refractivity contribution in [2.24, 2.45) is 4.99 Å². The molecule has 0 radical (unpaired) electrons. The minimum Gasteiger partial charge on any atom is -0.394 e. The normalized spacial score (nSPS) is 11.2. The first-order valence-electron chi connectivity index (χ1n) is 6.84. The highest BCUT2D eigenvalue weighted by Crippen LogP contribution is 2.03. The molecule has 0 saturated carbocycles. The number of hydrogen-bond acceptors (Lipinski definition) is 2. The van der Waals surface area contributed by atoms with Gasteiger partial charge in [0.15, 0.2) is 0 Å². The average molecular weight is 275 g/mol. The largest absolute Gasteiger partial charge is 0.394 e. The minimum atomic E-state index is 0.0415. The quantitative estimate of drug-likeness (QED) is 0.675. The number of rotatable bonds is 4. The smallest absolute Gasteiger partial charge is 0.0653 e. The second-order valence-electron chi connectivity index (χ2n) is 4.33. The molecule has 0 heterocycles. The number of aliphatic hydroxyl groups excluding tert-OH is 1. The molecule has 0 amide bonds. The van der Waals surface area contributed by atoms with Crippen molar-refractivity contribution in [3.05, 3.63) is 83.9 Å². The number of hydrogen-bond donors (Lipinski definition) is 1. The van der Waals surface area contributed by atoms with Gasteiger partial charge in [-0.1, -0.05) is 60.4 Å². The molecule has 2 aromatic rings. The number of benzene rings is 2. The predicted molar refractivity (Wildman–Crippen MR) is 87.4 cm³/mol. The van der Waals surface area contributed by atoms with E-state index in [4.69, 9.17) is 5.11 Å². The summed E-state index contributed by atoms with van der Waals surface area (Å²) in [5, 5.41) is 8.92. The summed E-state index contributed by atoms with van der Waals surface area (Å²) in [6, 6.07) is 19.7. The van der Waals surface area contributed by atoms with Crippen LogP contribution < -0.4 is 0 Å². The van der Waals surface area contributed by atoms with Gasteiger partial charge in [0.05, 0.1) is 18.9 Å². The fraction of sp³-hybridized carbons (Fsp3) is 0.105. The van der Waals surface area contributed by atoms with Crippen LogP contribution in [-0.2, 0) is 0 Å². The summed E-state index contributed by atoms with van der Waals surface area (Å²) in [5.41, 5.74) is 2.83. The van der Waals surface area contributed by atoms with E-state index < -0.39 is 0 Å². The molecule has 0 aliphatic carbocycles. The maximum Gasteiger partial charge on any atom is 0.0653 e. The molecule has 104 valence electrons. The molecule has 2 aromatic carbocycles. The first kappa shape index (κ1) is 14.8. The summed E-state index contributed by atoms with van der Waals surface area (Å²) < 4.78 is 0. The van der Waals surface area contributed by atoms with E-state index in [1.807, 2.05) is 66.7 Å². The van der Waals surface area contributed by atoms with Crippen molar-refractivity contribution in [3.8, 4) is 11.8 Å². The Morgan fingerprint density at radius 3 is 2.33 bits per heavy atom. The van der Waals surface area contributed by atoms with Gasteiger partial charge >= 0.3 is 0 Å². The molecule has 0 bridgehead atoms. The van der Waals surface area contributed by atoms with Crippen molar-refractivity contribution in [3.63, 3.8) is 0 Å². The molecule has 1 N–H and O–H groups in total. The van der Waals surface area contributed by atoms with Gasteiger partial charge in [-0.3, -0.25) is 4.99 Å². The summed E-state index contributed by atoms with van der Waals surface area (Å²) in [7, 11) is 0. The number of aliphatic imine (C=N–C) groups is 1. The molecule has 2 rings (SSSR count). The van der Waals surface area contributed by atoms with E-state index in [2.05, 4.69) is 16.8 Å². The van der Waals surface area contributed by atoms with E-state index in [-0.39, 0.29) is 6.61 Å². The lowest BCUT2D eigenvalue weighted by atomic mass is 10.1. The van der Waals surface area contributed by atoms with Gasteiger partial charge in [0.2, 0.25) is 0 Å². The van der Waals surface area contributed by atoms with E-state index in [1.165, 1.54) is 0 Å². The molecule has 0 aromatic heterocycles. The zero-order valence-corrected chi connectivity index (χ0v) is 11.7. The molecule has 0 saturated heterocycles. The first-order chi connectivity index (χ1) is 10.4. The molecule has 2 nitrogen and oxygen atoms in total. The molecule has 0 aliphatic heterocycles. The predicted octanol–water partition coefficient (Wildman–Crippen LogP) is 3.08. The van der Waals surface area contributed by atoms with Crippen molar-refractivity contribution >= 4 is 5.71 Å². The molecule has 0 unspecified atom stereocenters. The zero-order chi connectivity index (χ0) is 14.8. The third-order valence-corrected chi connectivity index (χ3v) is 2.77. The van der Waals surface area contributed by atoms with E-state index in [0.717, 1.165) is 16.8 Å². The van der Waals surface area contributed by atoms with Gasteiger partial charge in [0.25, 0.3) is 0 Å². The summed E-state index contributed by atoms with van der Waals surface area (Å²) in [6.07, 6.45) is 3.66. The fourth-order valence-electron chi connectivity index (χ4n) is 1.79. The third-order valence-electron chi connectivity index (χ3n) is 2.77. The van der Waals surface area contributed by atoms with E-state index in [9.17, 15) is 0 Å². The lowest BCUT2D eigenvalue weighted by Gasteiger charge is -2.00. The minimum absolute atomic E-state index is 0.0415. The van der Waals surface area contributed by atoms with E-state index in [0.29, 0.717) is 6.54 Å². The second-order valence-corrected chi connectivity index (χ2v) is 4.33. The standard InChI is InChI=1S/C19H17NO/c21-16-15-20-19(18-12-5-2-6-13-18)14-8-7-11-17-9-3-1-4-10-17/h1-6,8-10,12-14,21H,15-16H2. The van der Waals surface area contributed by atoms with Gasteiger partial charge in [0, 0.05) is 5.56 Å². The Hall–Kier alpha value is -2.63. The topological polar surface area (TPSA) is 32.6 Å². The lowest BCUT2D eigenvalue weighted by molar-refractivity contribution is 0.307. The molecular weight excluding hydrogens is 258 g/mol. The maximum absolute atomic E-state index is 8.92. The Bertz CT molecular complexity index is 661. The number of allylic oxidation sites excluding steroid dienone is 2. The zero-order valence-electron chi connectivity index (χ0n) is 11.7. The van der Waals surface area contributed by atoms with E-state index in [1.54, 1.807) is 6.08 Å². The van der Waals surface area contributed by atoms with Crippen LogP contribution in [0.2, 0.25) is 0 Å². The van der Waals surface area contributed by atoms with Gasteiger partial charge in [-0.05, 0) is 29.8 Å². The summed E-state index contributed by atoms with van der Waals surface area (Å²) in [5.74, 6) is 6.07. The van der Waals surface area contributed by atoms with Crippen LogP contribution in [0.25, 0.3) is 0 Å². The van der Waals surface area contributed by atoms with Crippen molar-refractivity contribution in [2.45, 2.75) is 0 Å². The van der Waals surface area contributed by atoms with Crippen LogP contribution >= 0.6 is 0 Å². The van der Waals surface area contributed by atoms with Crippen LogP contribution in [0.4, 0.5) is 0 Å². The Kier molecular flexibility index (Phi) is 6.00. The number of nitrogens with zero attached hydrogens (tertiary/aromatic N) is 1. The number of aliphatic hydroxyl groups is 1. The van der Waals surface area contributed by atoms with Crippen LogP contribution in [0.3, 0.4) is 0 Å². The molecule has 21 heavy (non-hydrogen) atoms. The van der Waals surface area contributed by atoms with Crippen molar-refractivity contribution in [1.82, 2.24) is 0 Å². The summed E-state index contributed by atoms with van der Waals surface area (Å²) in [6.45, 7) is 0.431. The van der Waals surface area contributed by atoms with Crippen molar-refractivity contribution < 1.29 is 5.11 Å². The fourth-order valence-corrected chi connectivity index (χ4v) is 1.79. The summed E-state index contributed by atoms with van der Waals surface area (Å²) in [4.78, 5) is 4.37. The van der Waals surface area contributed by atoms with Crippen LogP contribution in [0, 0.1) is 11.8 Å². The monoisotopic (exact) mass is 275 g/mol. The van der Waals surface area contributed by atoms with Crippen LogP contribution in [-0.4, -0.2) is 24.0 Å². The lowest BCUT2D eigenvalue weighted by Crippen LogP contribution is -2.00.